The van der Waals surface area contributed by atoms with Crippen molar-refractivity contribution in [3.63, 3.8) is 0 Å². The number of thiazole rings is 1. The lowest BCUT2D eigenvalue weighted by atomic mass is 10.2. The molecular weight excluding hydrogens is 380 g/mol. The smallest absolute Gasteiger partial charge is 0.326 e. The zero-order chi connectivity index (χ0) is 20.1. The van der Waals surface area contributed by atoms with Gasteiger partial charge in [-0.15, -0.1) is 0 Å². The van der Waals surface area contributed by atoms with Crippen molar-refractivity contribution >= 4 is 33.4 Å². The van der Waals surface area contributed by atoms with Gasteiger partial charge in [-0.1, -0.05) is 23.5 Å². The lowest BCUT2D eigenvalue weighted by molar-refractivity contribution is -0.143. The molecule has 146 valence electrons. The van der Waals surface area contributed by atoms with Crippen molar-refractivity contribution in [2.24, 2.45) is 4.99 Å². The number of rotatable bonds is 6. The van der Waals surface area contributed by atoms with Crippen molar-refractivity contribution in [3.05, 3.63) is 52.8 Å². The standard InChI is InChI=1S/C20H20N2O5S/c1-4-27-18(23)12-22-15-7-5-6-8-17(15)28-20(22)21-19(24)14-10-9-13(25-2)11-16(14)26-3/h5-11H,4,12H2,1-3H3. The van der Waals surface area contributed by atoms with Crippen LogP contribution in [0.3, 0.4) is 0 Å². The number of methoxy groups -OCH3 is 2. The lowest BCUT2D eigenvalue weighted by Gasteiger charge is -2.08. The number of amides is 1. The second-order valence-corrected chi connectivity index (χ2v) is 6.74. The van der Waals surface area contributed by atoms with Crippen molar-refractivity contribution < 1.29 is 23.8 Å². The molecule has 0 saturated heterocycles. The maximum atomic E-state index is 12.8. The molecule has 1 amide bonds. The number of ether oxygens (including phenoxy) is 3. The number of para-hydroxylation sites is 1. The molecule has 0 fully saturated rings. The van der Waals surface area contributed by atoms with Gasteiger partial charge < -0.3 is 18.8 Å². The van der Waals surface area contributed by atoms with Gasteiger partial charge in [0, 0.05) is 6.07 Å². The van der Waals surface area contributed by atoms with Crippen LogP contribution in [0, 0.1) is 0 Å². The summed E-state index contributed by atoms with van der Waals surface area (Å²) in [5, 5.41) is 0. The molecule has 3 aromatic rings. The average Bonchev–Trinajstić information content (AvgIpc) is 3.04. The van der Waals surface area contributed by atoms with Crippen LogP contribution in [0.15, 0.2) is 47.5 Å². The van der Waals surface area contributed by atoms with Crippen molar-refractivity contribution in [2.45, 2.75) is 13.5 Å². The molecule has 0 unspecified atom stereocenters. The topological polar surface area (TPSA) is 79.1 Å². The minimum atomic E-state index is -0.469. The molecular formula is C20H20N2O5S. The van der Waals surface area contributed by atoms with E-state index in [1.54, 1.807) is 29.7 Å². The van der Waals surface area contributed by atoms with Gasteiger partial charge in [0.25, 0.3) is 5.91 Å². The minimum Gasteiger partial charge on any atom is -0.497 e. The van der Waals surface area contributed by atoms with Gasteiger partial charge >= 0.3 is 5.97 Å². The summed E-state index contributed by atoms with van der Waals surface area (Å²) >= 11 is 1.33. The van der Waals surface area contributed by atoms with Gasteiger partial charge in [-0.3, -0.25) is 9.59 Å². The summed E-state index contributed by atoms with van der Waals surface area (Å²) < 4.78 is 18.1. The van der Waals surface area contributed by atoms with Crippen LogP contribution in [0.4, 0.5) is 0 Å². The fourth-order valence-electron chi connectivity index (χ4n) is 2.72. The van der Waals surface area contributed by atoms with E-state index < -0.39 is 5.91 Å². The molecule has 0 spiro atoms. The Bertz CT molecular complexity index is 1080. The van der Waals surface area contributed by atoms with E-state index in [4.69, 9.17) is 14.2 Å². The van der Waals surface area contributed by atoms with Crippen molar-refractivity contribution in [2.75, 3.05) is 20.8 Å². The SMILES string of the molecule is CCOC(=O)Cn1c(=NC(=O)c2ccc(OC)cc2OC)sc2ccccc21. The Hall–Kier alpha value is -3.13. The average molecular weight is 400 g/mol. The first-order valence-electron chi connectivity index (χ1n) is 8.62. The van der Waals surface area contributed by atoms with Crippen molar-refractivity contribution in [3.8, 4) is 11.5 Å². The molecule has 0 aliphatic carbocycles. The van der Waals surface area contributed by atoms with Gasteiger partial charge in [0.2, 0.25) is 0 Å². The highest BCUT2D eigenvalue weighted by Gasteiger charge is 2.15. The van der Waals surface area contributed by atoms with E-state index in [0.29, 0.717) is 21.9 Å². The summed E-state index contributed by atoms with van der Waals surface area (Å²) in [5.74, 6) is 0.0874. The zero-order valence-electron chi connectivity index (χ0n) is 15.8. The zero-order valence-corrected chi connectivity index (χ0v) is 16.6. The fraction of sp³-hybridized carbons (Fsp3) is 0.250. The Labute approximate surface area is 165 Å². The van der Waals surface area contributed by atoms with E-state index >= 15 is 0 Å². The molecule has 0 atom stereocenters. The van der Waals surface area contributed by atoms with E-state index in [0.717, 1.165) is 10.2 Å². The van der Waals surface area contributed by atoms with Gasteiger partial charge in [-0.2, -0.15) is 4.99 Å². The fourth-order valence-corrected chi connectivity index (χ4v) is 3.74. The van der Waals surface area contributed by atoms with Crippen LogP contribution in [0.5, 0.6) is 11.5 Å². The Kier molecular flexibility index (Phi) is 6.10. The van der Waals surface area contributed by atoms with Gasteiger partial charge in [-0.05, 0) is 31.2 Å². The first-order valence-corrected chi connectivity index (χ1v) is 9.44. The summed E-state index contributed by atoms with van der Waals surface area (Å²) in [4.78, 5) is 29.5. The molecule has 3 rings (SSSR count). The van der Waals surface area contributed by atoms with Crippen LogP contribution in [0.25, 0.3) is 10.2 Å². The number of benzene rings is 2. The highest BCUT2D eigenvalue weighted by Crippen LogP contribution is 2.25. The van der Waals surface area contributed by atoms with Gasteiger partial charge in [-0.25, -0.2) is 0 Å². The first kappa shape index (κ1) is 19.6. The third-order valence-electron chi connectivity index (χ3n) is 4.02. The lowest BCUT2D eigenvalue weighted by Crippen LogP contribution is -2.23. The van der Waals surface area contributed by atoms with E-state index in [1.807, 2.05) is 24.3 Å². The molecule has 2 aromatic carbocycles. The van der Waals surface area contributed by atoms with Crippen LogP contribution in [-0.4, -0.2) is 37.3 Å². The third-order valence-corrected chi connectivity index (χ3v) is 5.08. The van der Waals surface area contributed by atoms with E-state index in [1.165, 1.54) is 25.6 Å². The monoisotopic (exact) mass is 400 g/mol. The predicted molar refractivity (Wildman–Crippen MR) is 106 cm³/mol. The molecule has 1 heterocycles. The second kappa shape index (κ2) is 8.71. The molecule has 0 saturated carbocycles. The molecule has 0 aliphatic heterocycles. The van der Waals surface area contributed by atoms with Crippen LogP contribution in [-0.2, 0) is 16.1 Å². The van der Waals surface area contributed by atoms with E-state index in [9.17, 15) is 9.59 Å². The molecule has 0 radical (unpaired) electrons. The third kappa shape index (κ3) is 4.07. The Morgan fingerprint density at radius 3 is 2.61 bits per heavy atom. The molecule has 0 aliphatic rings. The van der Waals surface area contributed by atoms with Crippen LogP contribution in [0.1, 0.15) is 17.3 Å². The number of hydrogen-bond acceptors (Lipinski definition) is 6. The second-order valence-electron chi connectivity index (χ2n) is 5.73. The summed E-state index contributed by atoms with van der Waals surface area (Å²) in [5.41, 5.74) is 1.12. The number of nitrogens with zero attached hydrogens (tertiary/aromatic N) is 2. The maximum absolute atomic E-state index is 12.8. The maximum Gasteiger partial charge on any atom is 0.326 e. The van der Waals surface area contributed by atoms with E-state index in [-0.39, 0.29) is 19.1 Å². The Morgan fingerprint density at radius 1 is 1.11 bits per heavy atom. The number of carbonyl (C=O) groups is 2. The Balaban J connectivity index is 2.08. The largest absolute Gasteiger partial charge is 0.497 e. The van der Waals surface area contributed by atoms with E-state index in [2.05, 4.69) is 4.99 Å². The molecule has 1 aromatic heterocycles. The van der Waals surface area contributed by atoms with Crippen molar-refractivity contribution in [1.82, 2.24) is 4.57 Å². The minimum absolute atomic E-state index is 0.0241. The van der Waals surface area contributed by atoms with Crippen molar-refractivity contribution in [1.29, 1.82) is 0 Å². The summed E-state index contributed by atoms with van der Waals surface area (Å²) in [7, 11) is 3.02. The number of esters is 1. The highest BCUT2D eigenvalue weighted by molar-refractivity contribution is 7.16. The number of aromatic nitrogens is 1. The van der Waals surface area contributed by atoms with Crippen LogP contribution in [0.2, 0.25) is 0 Å². The predicted octanol–water partition coefficient (Wildman–Crippen LogP) is 3.02. The number of fused-ring (bicyclic) bond motifs is 1. The number of hydrogen-bond donors (Lipinski definition) is 0. The first-order chi connectivity index (χ1) is 13.6. The van der Waals surface area contributed by atoms with Gasteiger partial charge in [0.05, 0.1) is 36.6 Å². The molecule has 0 N–H and O–H groups in total. The molecule has 8 heteroatoms. The molecule has 7 nitrogen and oxygen atoms in total. The number of carbonyl (C=O) groups excluding carboxylic acids is 2. The highest BCUT2D eigenvalue weighted by atomic mass is 32.1. The van der Waals surface area contributed by atoms with Crippen LogP contribution >= 0.6 is 11.3 Å². The Morgan fingerprint density at radius 2 is 1.89 bits per heavy atom. The molecule has 28 heavy (non-hydrogen) atoms. The van der Waals surface area contributed by atoms with Gasteiger partial charge in [0.1, 0.15) is 18.0 Å². The molecule has 0 bridgehead atoms. The van der Waals surface area contributed by atoms with Gasteiger partial charge in [0.15, 0.2) is 4.80 Å². The van der Waals surface area contributed by atoms with Crippen LogP contribution < -0.4 is 14.3 Å². The quantitative estimate of drug-likeness (QED) is 0.594. The summed E-state index contributed by atoms with van der Waals surface area (Å²) in [6, 6.07) is 12.5. The normalized spacial score (nSPS) is 11.5. The summed E-state index contributed by atoms with van der Waals surface area (Å²) in [6.45, 7) is 2.01. The summed E-state index contributed by atoms with van der Waals surface area (Å²) in [6.07, 6.45) is 0.